The normalized spacial score (nSPS) is 10.4. The minimum Gasteiger partial charge on any atom is -0.467 e. The number of nitrogens with two attached hydrogens (primary N) is 1. The molecule has 2 rings (SSSR count). The first-order chi connectivity index (χ1) is 7.65. The van der Waals surface area contributed by atoms with E-state index in [0.29, 0.717) is 12.5 Å². The summed E-state index contributed by atoms with van der Waals surface area (Å²) in [4.78, 5) is 10.2. The molecule has 0 saturated carbocycles. The van der Waals surface area contributed by atoms with E-state index in [2.05, 4.69) is 9.97 Å². The van der Waals surface area contributed by atoms with Gasteiger partial charge in [-0.15, -0.1) is 0 Å². The number of nitrogens with zero attached hydrogens (tertiary/aromatic N) is 3. The molecule has 0 atom stereocenters. The smallest absolute Gasteiger partial charge is 0.222 e. The van der Waals surface area contributed by atoms with Crippen LogP contribution in [0, 0.1) is 6.92 Å². The molecule has 2 aromatic rings. The van der Waals surface area contributed by atoms with E-state index in [1.54, 1.807) is 6.26 Å². The molecule has 0 aliphatic rings. The van der Waals surface area contributed by atoms with Crippen LogP contribution in [0.5, 0.6) is 0 Å². The van der Waals surface area contributed by atoms with Crippen molar-refractivity contribution >= 4 is 11.8 Å². The molecule has 0 unspecified atom stereocenters. The molecule has 5 heteroatoms. The van der Waals surface area contributed by atoms with Crippen molar-refractivity contribution in [2.75, 3.05) is 17.7 Å². The maximum absolute atomic E-state index is 5.60. The van der Waals surface area contributed by atoms with E-state index in [1.165, 1.54) is 0 Å². The minimum absolute atomic E-state index is 0.293. The molecule has 0 aliphatic heterocycles. The fraction of sp³-hybridized carbons (Fsp3) is 0.273. The second-order valence-corrected chi connectivity index (χ2v) is 3.66. The molecule has 0 aliphatic carbocycles. The Kier molecular flexibility index (Phi) is 2.76. The lowest BCUT2D eigenvalue weighted by Crippen LogP contribution is -2.18. The Bertz CT molecular complexity index is 447. The van der Waals surface area contributed by atoms with E-state index in [0.717, 1.165) is 17.3 Å². The largest absolute Gasteiger partial charge is 0.467 e. The van der Waals surface area contributed by atoms with Gasteiger partial charge in [-0.05, 0) is 19.1 Å². The predicted octanol–water partition coefficient (Wildman–Crippen LogP) is 1.60. The average molecular weight is 218 g/mol. The lowest BCUT2D eigenvalue weighted by molar-refractivity contribution is 0.507. The van der Waals surface area contributed by atoms with Crippen LogP contribution in [0.15, 0.2) is 28.9 Å². The summed E-state index contributed by atoms with van der Waals surface area (Å²) in [5.74, 6) is 1.97. The van der Waals surface area contributed by atoms with E-state index in [-0.39, 0.29) is 0 Å². The number of nitrogen functional groups attached to an aromatic ring is 1. The summed E-state index contributed by atoms with van der Waals surface area (Å²) in [7, 11) is 1.93. The van der Waals surface area contributed by atoms with Crippen molar-refractivity contribution in [3.63, 3.8) is 0 Å². The van der Waals surface area contributed by atoms with Crippen LogP contribution in [-0.2, 0) is 6.54 Å². The summed E-state index contributed by atoms with van der Waals surface area (Å²) < 4.78 is 5.27. The summed E-state index contributed by atoms with van der Waals surface area (Å²) in [5, 5.41) is 0. The van der Waals surface area contributed by atoms with Gasteiger partial charge in [-0.1, -0.05) is 0 Å². The Balaban J connectivity index is 2.17. The molecule has 0 spiro atoms. The first-order valence-corrected chi connectivity index (χ1v) is 5.00. The Morgan fingerprint density at radius 1 is 1.44 bits per heavy atom. The maximum Gasteiger partial charge on any atom is 0.222 e. The number of aryl methyl sites for hydroxylation is 1. The molecule has 0 bridgehead atoms. The van der Waals surface area contributed by atoms with Crippen LogP contribution in [0.3, 0.4) is 0 Å². The zero-order chi connectivity index (χ0) is 11.5. The minimum atomic E-state index is 0.293. The van der Waals surface area contributed by atoms with Crippen molar-refractivity contribution in [2.45, 2.75) is 13.5 Å². The molecule has 0 aromatic carbocycles. The molecule has 0 saturated heterocycles. The van der Waals surface area contributed by atoms with Gasteiger partial charge in [-0.25, -0.2) is 4.98 Å². The number of aromatic nitrogens is 2. The van der Waals surface area contributed by atoms with E-state index < -0.39 is 0 Å². The average Bonchev–Trinajstić information content (AvgIpc) is 2.68. The van der Waals surface area contributed by atoms with Crippen molar-refractivity contribution in [1.29, 1.82) is 0 Å². The Labute approximate surface area is 93.9 Å². The van der Waals surface area contributed by atoms with Gasteiger partial charge >= 0.3 is 0 Å². The fourth-order valence-electron chi connectivity index (χ4n) is 1.49. The van der Waals surface area contributed by atoms with Gasteiger partial charge in [0.05, 0.1) is 12.8 Å². The van der Waals surface area contributed by atoms with Gasteiger partial charge in [0.15, 0.2) is 0 Å². The Morgan fingerprint density at radius 3 is 2.88 bits per heavy atom. The van der Waals surface area contributed by atoms with Gasteiger partial charge in [0, 0.05) is 18.8 Å². The van der Waals surface area contributed by atoms with Gasteiger partial charge < -0.3 is 15.1 Å². The number of hydrogen-bond acceptors (Lipinski definition) is 5. The van der Waals surface area contributed by atoms with Crippen LogP contribution < -0.4 is 10.6 Å². The van der Waals surface area contributed by atoms with Crippen LogP contribution in [0.4, 0.5) is 11.8 Å². The first-order valence-electron chi connectivity index (χ1n) is 5.00. The van der Waals surface area contributed by atoms with E-state index in [9.17, 15) is 0 Å². The van der Waals surface area contributed by atoms with Gasteiger partial charge in [0.25, 0.3) is 0 Å². The van der Waals surface area contributed by atoms with Crippen LogP contribution in [-0.4, -0.2) is 17.0 Å². The zero-order valence-corrected chi connectivity index (χ0v) is 9.34. The van der Waals surface area contributed by atoms with Crippen LogP contribution in [0.25, 0.3) is 0 Å². The number of hydrogen-bond donors (Lipinski definition) is 1. The quantitative estimate of drug-likeness (QED) is 0.847. The molecule has 2 heterocycles. The van der Waals surface area contributed by atoms with Crippen molar-refractivity contribution < 1.29 is 4.42 Å². The van der Waals surface area contributed by atoms with E-state index >= 15 is 0 Å². The highest BCUT2D eigenvalue weighted by molar-refractivity contribution is 5.42. The van der Waals surface area contributed by atoms with E-state index in [1.807, 2.05) is 37.1 Å². The topological polar surface area (TPSA) is 68.2 Å². The highest BCUT2D eigenvalue weighted by Crippen LogP contribution is 2.14. The second kappa shape index (κ2) is 4.22. The lowest BCUT2D eigenvalue weighted by atomic mass is 10.3. The van der Waals surface area contributed by atoms with Gasteiger partial charge in [-0.3, -0.25) is 0 Å². The Hall–Kier alpha value is -2.04. The second-order valence-electron chi connectivity index (χ2n) is 3.66. The van der Waals surface area contributed by atoms with E-state index in [4.69, 9.17) is 10.2 Å². The molecule has 0 radical (unpaired) electrons. The highest BCUT2D eigenvalue weighted by Gasteiger charge is 2.07. The molecular weight excluding hydrogens is 204 g/mol. The molecule has 0 amide bonds. The third kappa shape index (κ3) is 2.31. The zero-order valence-electron chi connectivity index (χ0n) is 9.34. The van der Waals surface area contributed by atoms with Crippen molar-refractivity contribution in [3.05, 3.63) is 35.9 Å². The van der Waals surface area contributed by atoms with Crippen molar-refractivity contribution in [3.8, 4) is 0 Å². The molecular formula is C11H14N4O. The molecule has 16 heavy (non-hydrogen) atoms. The highest BCUT2D eigenvalue weighted by atomic mass is 16.3. The first kappa shape index (κ1) is 10.5. The lowest BCUT2D eigenvalue weighted by Gasteiger charge is -2.17. The third-order valence-electron chi connectivity index (χ3n) is 2.22. The van der Waals surface area contributed by atoms with Crippen molar-refractivity contribution in [1.82, 2.24) is 9.97 Å². The monoisotopic (exact) mass is 218 g/mol. The van der Waals surface area contributed by atoms with Gasteiger partial charge in [0.1, 0.15) is 11.6 Å². The summed E-state index contributed by atoms with van der Waals surface area (Å²) in [6, 6.07) is 5.68. The summed E-state index contributed by atoms with van der Waals surface area (Å²) in [6.07, 6.45) is 1.66. The van der Waals surface area contributed by atoms with Crippen LogP contribution >= 0.6 is 0 Å². The summed E-state index contributed by atoms with van der Waals surface area (Å²) in [5.41, 5.74) is 6.45. The fourth-order valence-corrected chi connectivity index (χ4v) is 1.49. The molecule has 2 N–H and O–H groups in total. The molecule has 5 nitrogen and oxygen atoms in total. The standard InChI is InChI=1S/C11H14N4O/c1-8-6-10(14-11(12)13-8)15(2)7-9-4-3-5-16-9/h3-6H,7H2,1-2H3,(H2,12,13,14). The molecule has 0 fully saturated rings. The summed E-state index contributed by atoms with van der Waals surface area (Å²) in [6.45, 7) is 2.55. The van der Waals surface area contributed by atoms with Gasteiger partial charge in [-0.2, -0.15) is 4.98 Å². The van der Waals surface area contributed by atoms with Crippen LogP contribution in [0.2, 0.25) is 0 Å². The predicted molar refractivity (Wildman–Crippen MR) is 62.0 cm³/mol. The van der Waals surface area contributed by atoms with Crippen LogP contribution in [0.1, 0.15) is 11.5 Å². The molecule has 2 aromatic heterocycles. The maximum atomic E-state index is 5.60. The number of anilines is 2. The van der Waals surface area contributed by atoms with Gasteiger partial charge in [0.2, 0.25) is 5.95 Å². The summed E-state index contributed by atoms with van der Waals surface area (Å²) >= 11 is 0. The molecule has 84 valence electrons. The SMILES string of the molecule is Cc1cc(N(C)Cc2ccco2)nc(N)n1. The number of furan rings is 1. The van der Waals surface area contributed by atoms with Crippen molar-refractivity contribution in [2.24, 2.45) is 0 Å². The third-order valence-corrected chi connectivity index (χ3v) is 2.22. The number of rotatable bonds is 3. The Morgan fingerprint density at radius 2 is 2.25 bits per heavy atom.